The molecule has 1 saturated heterocycles. The molecule has 1 aliphatic rings. The van der Waals surface area contributed by atoms with E-state index in [2.05, 4.69) is 20.0 Å². The Labute approximate surface area is 184 Å². The molecule has 164 valence electrons. The highest BCUT2D eigenvalue weighted by atomic mass is 127. The second kappa shape index (κ2) is 11.9. The average molecular weight is 531 g/mol. The summed E-state index contributed by atoms with van der Waals surface area (Å²) in [5.74, 6) is 0.549. The molecule has 0 atom stereocenters. The van der Waals surface area contributed by atoms with Gasteiger partial charge in [0.2, 0.25) is 5.88 Å². The Morgan fingerprint density at radius 2 is 1.93 bits per heavy atom. The van der Waals surface area contributed by atoms with Crippen molar-refractivity contribution in [2.75, 3.05) is 46.4 Å². The molecule has 2 rings (SSSR count). The van der Waals surface area contributed by atoms with Crippen molar-refractivity contribution in [3.05, 3.63) is 23.9 Å². The number of hydrogen-bond acceptors (Lipinski definition) is 5. The number of hydrogen-bond donors (Lipinski definition) is 1. The van der Waals surface area contributed by atoms with E-state index in [4.69, 9.17) is 4.74 Å². The fourth-order valence-electron chi connectivity index (χ4n) is 2.62. The van der Waals surface area contributed by atoms with Gasteiger partial charge >= 0.3 is 12.3 Å². The first kappa shape index (κ1) is 25.0. The third-order valence-electron chi connectivity index (χ3n) is 3.95. The highest BCUT2D eigenvalue weighted by molar-refractivity contribution is 14.0. The van der Waals surface area contributed by atoms with Gasteiger partial charge in [-0.15, -0.1) is 24.0 Å². The molecule has 12 heteroatoms. The summed E-state index contributed by atoms with van der Waals surface area (Å²) < 4.78 is 46.4. The molecule has 1 aromatic rings. The molecule has 2 heterocycles. The lowest BCUT2D eigenvalue weighted by Crippen LogP contribution is -2.53. The monoisotopic (exact) mass is 531 g/mol. The van der Waals surface area contributed by atoms with Crippen molar-refractivity contribution in [1.29, 1.82) is 0 Å². The number of nitrogens with one attached hydrogen (secondary N) is 1. The first-order valence-corrected chi connectivity index (χ1v) is 8.84. The van der Waals surface area contributed by atoms with Crippen LogP contribution < -0.4 is 10.1 Å². The topological polar surface area (TPSA) is 79.3 Å². The van der Waals surface area contributed by atoms with Gasteiger partial charge in [-0.2, -0.15) is 13.2 Å². The van der Waals surface area contributed by atoms with Crippen LogP contribution in [0.3, 0.4) is 0 Å². The highest BCUT2D eigenvalue weighted by Crippen LogP contribution is 2.17. The van der Waals surface area contributed by atoms with E-state index >= 15 is 0 Å². The number of nitrogens with zero attached hydrogens (tertiary/aromatic N) is 4. The van der Waals surface area contributed by atoms with Crippen LogP contribution in [0.15, 0.2) is 23.3 Å². The number of guanidine groups is 1. The van der Waals surface area contributed by atoms with Gasteiger partial charge in [0.05, 0.1) is 6.61 Å². The molecular weight excluding hydrogens is 506 g/mol. The molecule has 29 heavy (non-hydrogen) atoms. The molecule has 0 spiro atoms. The van der Waals surface area contributed by atoms with Crippen LogP contribution in [0.4, 0.5) is 18.0 Å². The van der Waals surface area contributed by atoms with Gasteiger partial charge in [0.25, 0.3) is 0 Å². The summed E-state index contributed by atoms with van der Waals surface area (Å²) in [6, 6.07) is 3.13. The Bertz CT molecular complexity index is 683. The van der Waals surface area contributed by atoms with Crippen molar-refractivity contribution in [3.8, 4) is 5.88 Å². The summed E-state index contributed by atoms with van der Waals surface area (Å²) in [6.07, 6.45) is -3.35. The minimum absolute atomic E-state index is 0. The van der Waals surface area contributed by atoms with Gasteiger partial charge in [-0.3, -0.25) is 4.99 Å². The number of rotatable bonds is 5. The SMILES string of the molecule is CCOC(=O)N1CCN(C(=NC)NCc2ccnc(OCC(F)(F)F)c2)CC1.I. The Morgan fingerprint density at radius 1 is 1.28 bits per heavy atom. The maximum atomic E-state index is 12.2. The molecule has 0 unspecified atom stereocenters. The lowest BCUT2D eigenvalue weighted by atomic mass is 10.2. The second-order valence-electron chi connectivity index (χ2n) is 5.98. The molecule has 0 aromatic carbocycles. The van der Waals surface area contributed by atoms with Gasteiger partial charge in [-0.05, 0) is 18.6 Å². The van der Waals surface area contributed by atoms with E-state index in [1.54, 1.807) is 24.9 Å². The summed E-state index contributed by atoms with van der Waals surface area (Å²) in [5, 5.41) is 3.16. The smallest absolute Gasteiger partial charge is 0.422 e. The molecule has 1 fully saturated rings. The second-order valence-corrected chi connectivity index (χ2v) is 5.98. The summed E-state index contributed by atoms with van der Waals surface area (Å²) >= 11 is 0. The molecule has 1 aliphatic heterocycles. The molecule has 0 radical (unpaired) electrons. The quantitative estimate of drug-likeness (QED) is 0.358. The largest absolute Gasteiger partial charge is 0.468 e. The normalized spacial score (nSPS) is 14.9. The Balaban J connectivity index is 0.00000420. The number of aromatic nitrogens is 1. The fourth-order valence-corrected chi connectivity index (χ4v) is 2.62. The molecular formula is C17H25F3IN5O3. The Hall–Kier alpha value is -1.99. The van der Waals surface area contributed by atoms with Crippen molar-refractivity contribution in [1.82, 2.24) is 20.1 Å². The van der Waals surface area contributed by atoms with Gasteiger partial charge in [-0.1, -0.05) is 0 Å². The first-order chi connectivity index (χ1) is 13.3. The van der Waals surface area contributed by atoms with Crippen molar-refractivity contribution >= 4 is 36.0 Å². The van der Waals surface area contributed by atoms with Crippen molar-refractivity contribution in [2.45, 2.75) is 19.6 Å². The average Bonchev–Trinajstić information content (AvgIpc) is 2.67. The molecule has 0 bridgehead atoms. The molecule has 1 amide bonds. The van der Waals surface area contributed by atoms with Gasteiger partial charge in [0.15, 0.2) is 12.6 Å². The molecule has 0 aliphatic carbocycles. The van der Waals surface area contributed by atoms with E-state index in [1.807, 2.05) is 4.90 Å². The Kier molecular flexibility index (Phi) is 10.3. The minimum atomic E-state index is -4.41. The molecule has 8 nitrogen and oxygen atoms in total. The van der Waals surface area contributed by atoms with Crippen molar-refractivity contribution in [3.63, 3.8) is 0 Å². The third-order valence-corrected chi connectivity index (χ3v) is 3.95. The van der Waals surface area contributed by atoms with Crippen LogP contribution >= 0.6 is 24.0 Å². The van der Waals surface area contributed by atoms with Gasteiger partial charge in [0.1, 0.15) is 0 Å². The van der Waals surface area contributed by atoms with Crippen molar-refractivity contribution < 1.29 is 27.4 Å². The summed E-state index contributed by atoms with van der Waals surface area (Å²) in [5.41, 5.74) is 0.707. The van der Waals surface area contributed by atoms with Crippen LogP contribution in [0.2, 0.25) is 0 Å². The standard InChI is InChI=1S/C17H24F3N5O3.HI/c1-3-27-16(26)25-8-6-24(7-9-25)15(21-2)23-11-13-4-5-22-14(10-13)28-12-17(18,19)20;/h4-5,10H,3,6-9,11-12H2,1-2H3,(H,21,23);1H. The number of piperazine rings is 1. The number of amides is 1. The zero-order valence-electron chi connectivity index (χ0n) is 16.2. The molecule has 1 N–H and O–H groups in total. The summed E-state index contributed by atoms with van der Waals surface area (Å²) in [4.78, 5) is 23.4. The van der Waals surface area contributed by atoms with E-state index in [0.29, 0.717) is 50.9 Å². The van der Waals surface area contributed by atoms with E-state index in [0.717, 1.165) is 0 Å². The highest BCUT2D eigenvalue weighted by Gasteiger charge is 2.28. The van der Waals surface area contributed by atoms with Gasteiger partial charge in [0, 0.05) is 52.0 Å². The summed E-state index contributed by atoms with van der Waals surface area (Å²) in [6.45, 7) is 3.28. The molecule has 0 saturated carbocycles. The first-order valence-electron chi connectivity index (χ1n) is 8.84. The minimum Gasteiger partial charge on any atom is -0.468 e. The number of carbonyl (C=O) groups excluding carboxylic acids is 1. The zero-order valence-corrected chi connectivity index (χ0v) is 18.6. The summed E-state index contributed by atoms with van der Waals surface area (Å²) in [7, 11) is 1.64. The number of carbonyl (C=O) groups is 1. The third kappa shape index (κ3) is 8.50. The Morgan fingerprint density at radius 3 is 2.52 bits per heavy atom. The lowest BCUT2D eigenvalue weighted by Gasteiger charge is -2.35. The van der Waals surface area contributed by atoms with E-state index in [1.165, 1.54) is 12.3 Å². The predicted molar refractivity (Wildman–Crippen MR) is 112 cm³/mol. The molecule has 1 aromatic heterocycles. The number of ether oxygens (including phenoxy) is 2. The van der Waals surface area contributed by atoms with Gasteiger partial charge in [-0.25, -0.2) is 9.78 Å². The van der Waals surface area contributed by atoms with Crippen LogP contribution in [0.5, 0.6) is 5.88 Å². The number of halogens is 4. The van der Waals surface area contributed by atoms with Crippen LogP contribution in [0.25, 0.3) is 0 Å². The lowest BCUT2D eigenvalue weighted by molar-refractivity contribution is -0.154. The zero-order chi connectivity index (χ0) is 20.6. The van der Waals surface area contributed by atoms with Crippen LogP contribution in [0.1, 0.15) is 12.5 Å². The van der Waals surface area contributed by atoms with E-state index < -0.39 is 12.8 Å². The predicted octanol–water partition coefficient (Wildman–Crippen LogP) is 2.49. The van der Waals surface area contributed by atoms with Gasteiger partial charge < -0.3 is 24.6 Å². The van der Waals surface area contributed by atoms with E-state index in [9.17, 15) is 18.0 Å². The number of alkyl halides is 3. The van der Waals surface area contributed by atoms with Crippen molar-refractivity contribution in [2.24, 2.45) is 4.99 Å². The van der Waals surface area contributed by atoms with Crippen LogP contribution in [-0.4, -0.2) is 79.5 Å². The van der Waals surface area contributed by atoms with Crippen LogP contribution in [-0.2, 0) is 11.3 Å². The van der Waals surface area contributed by atoms with E-state index in [-0.39, 0.29) is 35.9 Å². The maximum Gasteiger partial charge on any atom is 0.422 e. The van der Waals surface area contributed by atoms with Crippen LogP contribution in [0, 0.1) is 0 Å². The number of aliphatic imine (C=N–C) groups is 1. The number of pyridine rings is 1. The maximum absolute atomic E-state index is 12.2. The fraction of sp³-hybridized carbons (Fsp3) is 0.588.